The summed E-state index contributed by atoms with van der Waals surface area (Å²) in [5.74, 6) is -0.565. The first kappa shape index (κ1) is 11.4. The molecule has 1 aromatic heterocycles. The van der Waals surface area contributed by atoms with Crippen LogP contribution in [0.4, 0.5) is 5.13 Å². The number of nitrogens with two attached hydrogens (primary N) is 1. The molecule has 0 fully saturated rings. The van der Waals surface area contributed by atoms with Crippen molar-refractivity contribution in [3.8, 4) is 0 Å². The van der Waals surface area contributed by atoms with Crippen molar-refractivity contribution in [3.63, 3.8) is 0 Å². The number of nitrogen functional groups attached to an aromatic ring is 1. The first-order valence-corrected chi connectivity index (χ1v) is 5.08. The van der Waals surface area contributed by atoms with Crippen LogP contribution in [-0.2, 0) is 4.79 Å². The van der Waals surface area contributed by atoms with Crippen LogP contribution in [0, 0.1) is 0 Å². The van der Waals surface area contributed by atoms with E-state index in [0.29, 0.717) is 5.13 Å². The van der Waals surface area contributed by atoms with Crippen molar-refractivity contribution in [2.75, 3.05) is 26.4 Å². The molecule has 0 atom stereocenters. The number of hydrogen-bond donors (Lipinski definition) is 2. The lowest BCUT2D eigenvalue weighted by Gasteiger charge is -2.09. The van der Waals surface area contributed by atoms with Gasteiger partial charge in [-0.1, -0.05) is 0 Å². The quantitative estimate of drug-likeness (QED) is 0.733. The largest absolute Gasteiger partial charge is 0.375 e. The number of carbonyl (C=O) groups is 2. The van der Waals surface area contributed by atoms with E-state index in [-0.39, 0.29) is 18.1 Å². The van der Waals surface area contributed by atoms with Gasteiger partial charge in [0.2, 0.25) is 5.91 Å². The molecule has 0 unspecified atom stereocenters. The van der Waals surface area contributed by atoms with Crippen molar-refractivity contribution in [1.29, 1.82) is 0 Å². The molecular formula is C8H12N4O2S. The Kier molecular flexibility index (Phi) is 3.62. The minimum absolute atomic E-state index is 0.0384. The average Bonchev–Trinajstić information content (AvgIpc) is 2.60. The first-order valence-electron chi connectivity index (χ1n) is 4.20. The van der Waals surface area contributed by atoms with Gasteiger partial charge in [-0.2, -0.15) is 0 Å². The zero-order chi connectivity index (χ0) is 11.4. The zero-order valence-corrected chi connectivity index (χ0v) is 9.30. The molecule has 1 rings (SSSR count). The molecule has 3 N–H and O–H groups in total. The summed E-state index contributed by atoms with van der Waals surface area (Å²) in [5, 5.41) is 4.33. The Hall–Kier alpha value is -1.63. The molecule has 1 aromatic rings. The van der Waals surface area contributed by atoms with Gasteiger partial charge in [-0.3, -0.25) is 9.59 Å². The van der Waals surface area contributed by atoms with Crippen LogP contribution in [0.5, 0.6) is 0 Å². The Labute approximate surface area is 91.1 Å². The maximum atomic E-state index is 11.4. The standard InChI is InChI=1S/C8H12N4O2S/c1-12(2)6(13)3-10-7(14)5-4-15-8(9)11-5/h4H,3H2,1-2H3,(H2,9,11)(H,10,14). The lowest BCUT2D eigenvalue weighted by atomic mass is 10.4. The van der Waals surface area contributed by atoms with Crippen molar-refractivity contribution in [2.24, 2.45) is 0 Å². The van der Waals surface area contributed by atoms with Crippen molar-refractivity contribution in [2.45, 2.75) is 0 Å². The van der Waals surface area contributed by atoms with E-state index in [1.165, 1.54) is 16.2 Å². The van der Waals surface area contributed by atoms with Gasteiger partial charge in [0.15, 0.2) is 5.13 Å². The van der Waals surface area contributed by atoms with E-state index in [0.717, 1.165) is 0 Å². The summed E-state index contributed by atoms with van der Waals surface area (Å²) in [4.78, 5) is 27.7. The predicted molar refractivity (Wildman–Crippen MR) is 57.6 cm³/mol. The van der Waals surface area contributed by atoms with Crippen LogP contribution in [-0.4, -0.2) is 42.3 Å². The zero-order valence-electron chi connectivity index (χ0n) is 8.48. The Morgan fingerprint density at radius 3 is 2.73 bits per heavy atom. The number of nitrogens with one attached hydrogen (secondary N) is 1. The summed E-state index contributed by atoms with van der Waals surface area (Å²) < 4.78 is 0. The van der Waals surface area contributed by atoms with Gasteiger partial charge in [0.25, 0.3) is 5.91 Å². The second-order valence-corrected chi connectivity index (χ2v) is 3.93. The number of likely N-dealkylation sites (N-methyl/N-ethyl adjacent to an activating group) is 1. The summed E-state index contributed by atoms with van der Waals surface area (Å²) in [5.41, 5.74) is 5.61. The molecule has 0 saturated heterocycles. The number of thiazole rings is 1. The highest BCUT2D eigenvalue weighted by molar-refractivity contribution is 7.13. The maximum absolute atomic E-state index is 11.4. The number of hydrogen-bond acceptors (Lipinski definition) is 5. The number of anilines is 1. The molecule has 0 saturated carbocycles. The van der Waals surface area contributed by atoms with Gasteiger partial charge in [-0.05, 0) is 0 Å². The second-order valence-electron chi connectivity index (χ2n) is 3.04. The average molecular weight is 228 g/mol. The fourth-order valence-electron chi connectivity index (χ4n) is 0.796. The van der Waals surface area contributed by atoms with Crippen molar-refractivity contribution in [1.82, 2.24) is 15.2 Å². The third kappa shape index (κ3) is 3.21. The molecule has 7 heteroatoms. The number of carbonyl (C=O) groups excluding carboxylic acids is 2. The highest BCUT2D eigenvalue weighted by Gasteiger charge is 2.11. The number of nitrogens with zero attached hydrogens (tertiary/aromatic N) is 2. The van der Waals surface area contributed by atoms with Crippen molar-refractivity contribution in [3.05, 3.63) is 11.1 Å². The first-order chi connectivity index (χ1) is 7.00. The summed E-state index contributed by atoms with van der Waals surface area (Å²) >= 11 is 1.18. The Bertz CT molecular complexity index is 374. The molecule has 0 bridgehead atoms. The number of rotatable bonds is 3. The lowest BCUT2D eigenvalue weighted by molar-refractivity contribution is -0.127. The molecule has 6 nitrogen and oxygen atoms in total. The fraction of sp³-hybridized carbons (Fsp3) is 0.375. The van der Waals surface area contributed by atoms with Crippen molar-refractivity contribution >= 4 is 28.3 Å². The van der Waals surface area contributed by atoms with E-state index in [9.17, 15) is 9.59 Å². The SMILES string of the molecule is CN(C)C(=O)CNC(=O)c1csc(N)n1. The van der Waals surface area contributed by atoms with E-state index in [2.05, 4.69) is 10.3 Å². The fourth-order valence-corrected chi connectivity index (χ4v) is 1.34. The van der Waals surface area contributed by atoms with E-state index in [1.54, 1.807) is 19.5 Å². The topological polar surface area (TPSA) is 88.3 Å². The highest BCUT2D eigenvalue weighted by Crippen LogP contribution is 2.10. The molecule has 0 radical (unpaired) electrons. The number of aromatic nitrogens is 1. The third-order valence-corrected chi connectivity index (χ3v) is 2.33. The second kappa shape index (κ2) is 4.74. The Balaban J connectivity index is 2.47. The maximum Gasteiger partial charge on any atom is 0.271 e. The molecule has 0 spiro atoms. The molecule has 0 aliphatic heterocycles. The monoisotopic (exact) mass is 228 g/mol. The highest BCUT2D eigenvalue weighted by atomic mass is 32.1. The molecule has 0 aromatic carbocycles. The molecule has 15 heavy (non-hydrogen) atoms. The summed E-state index contributed by atoms with van der Waals surface area (Å²) in [6.07, 6.45) is 0. The van der Waals surface area contributed by atoms with Gasteiger partial charge in [-0.25, -0.2) is 4.98 Å². The molecule has 0 aliphatic carbocycles. The van der Waals surface area contributed by atoms with Gasteiger partial charge in [0.05, 0.1) is 6.54 Å². The Morgan fingerprint density at radius 2 is 2.27 bits per heavy atom. The van der Waals surface area contributed by atoms with E-state index < -0.39 is 5.91 Å². The van der Waals surface area contributed by atoms with Crippen LogP contribution >= 0.6 is 11.3 Å². The van der Waals surface area contributed by atoms with Crippen LogP contribution in [0.1, 0.15) is 10.5 Å². The Morgan fingerprint density at radius 1 is 1.60 bits per heavy atom. The van der Waals surface area contributed by atoms with Gasteiger partial charge in [0.1, 0.15) is 5.69 Å². The van der Waals surface area contributed by atoms with Crippen LogP contribution in [0.3, 0.4) is 0 Å². The van der Waals surface area contributed by atoms with Gasteiger partial charge < -0.3 is 16.0 Å². The molecule has 0 aliphatic rings. The van der Waals surface area contributed by atoms with E-state index in [1.807, 2.05) is 0 Å². The molecular weight excluding hydrogens is 216 g/mol. The summed E-state index contributed by atoms with van der Waals surface area (Å²) in [6.45, 7) is -0.0384. The summed E-state index contributed by atoms with van der Waals surface area (Å²) in [7, 11) is 3.24. The van der Waals surface area contributed by atoms with Crippen LogP contribution in [0.25, 0.3) is 0 Å². The lowest BCUT2D eigenvalue weighted by Crippen LogP contribution is -2.36. The van der Waals surface area contributed by atoms with E-state index in [4.69, 9.17) is 5.73 Å². The van der Waals surface area contributed by atoms with E-state index >= 15 is 0 Å². The van der Waals surface area contributed by atoms with Crippen LogP contribution < -0.4 is 11.1 Å². The summed E-state index contributed by atoms with van der Waals surface area (Å²) in [6, 6.07) is 0. The van der Waals surface area contributed by atoms with Gasteiger partial charge in [0, 0.05) is 19.5 Å². The predicted octanol–water partition coefficient (Wildman–Crippen LogP) is -0.457. The molecule has 2 amide bonds. The minimum atomic E-state index is -0.391. The molecule has 1 heterocycles. The third-order valence-electron chi connectivity index (χ3n) is 1.65. The van der Waals surface area contributed by atoms with Crippen LogP contribution in [0.2, 0.25) is 0 Å². The smallest absolute Gasteiger partial charge is 0.271 e. The number of amides is 2. The van der Waals surface area contributed by atoms with Crippen LogP contribution in [0.15, 0.2) is 5.38 Å². The minimum Gasteiger partial charge on any atom is -0.375 e. The normalized spacial score (nSPS) is 9.73. The molecule has 82 valence electrons. The van der Waals surface area contributed by atoms with Gasteiger partial charge in [-0.15, -0.1) is 11.3 Å². The van der Waals surface area contributed by atoms with Gasteiger partial charge >= 0.3 is 0 Å². The van der Waals surface area contributed by atoms with Crippen molar-refractivity contribution < 1.29 is 9.59 Å².